The smallest absolute Gasteiger partial charge is 0.204 e. The minimum atomic E-state index is -0.836. The normalized spacial score (nSPS) is 16.6. The van der Waals surface area contributed by atoms with Gasteiger partial charge < -0.3 is 49.1 Å². The van der Waals surface area contributed by atoms with Crippen LogP contribution in [0.3, 0.4) is 0 Å². The summed E-state index contributed by atoms with van der Waals surface area (Å²) in [6.45, 7) is 4.40. The predicted octanol–water partition coefficient (Wildman–Crippen LogP) is 7.46. The SMILES string of the molecule is CCc1cc2c([nH]1)N1CCN[C@@H](C#C[C@@H](c3c(OCCCO)c(OC)c(OCC[C@@H](O)/C=C/c4ccccc4)c4c(=O)cc(-c5ccc(O)cc5)oc34)Cc3cccc-2c3)C1. The Hall–Kier alpha value is -6.45. The molecule has 2 aromatic heterocycles. The molecule has 11 nitrogen and oxygen atoms in total. The van der Waals surface area contributed by atoms with E-state index in [0.717, 1.165) is 53.3 Å². The van der Waals surface area contributed by atoms with Gasteiger partial charge in [-0.2, -0.15) is 0 Å². The molecule has 8 rings (SSSR count). The van der Waals surface area contributed by atoms with E-state index in [1.165, 1.54) is 25.3 Å². The molecule has 0 aliphatic carbocycles. The molecule has 0 radical (unpaired) electrons. The monoisotopic (exact) mass is 821 g/mol. The van der Waals surface area contributed by atoms with Crippen LogP contribution in [0, 0.1) is 11.8 Å². The Morgan fingerprint density at radius 1 is 0.951 bits per heavy atom. The maximum atomic E-state index is 14.6. The topological polar surface area (TPSA) is 150 Å². The first-order valence-electron chi connectivity index (χ1n) is 20.9. The van der Waals surface area contributed by atoms with E-state index in [4.69, 9.17) is 18.6 Å². The van der Waals surface area contributed by atoms with Crippen LogP contribution in [-0.4, -0.2) is 79.0 Å². The van der Waals surface area contributed by atoms with Crippen molar-refractivity contribution in [1.29, 1.82) is 0 Å². The zero-order valence-corrected chi connectivity index (χ0v) is 34.4. The number of aromatic amines is 1. The van der Waals surface area contributed by atoms with Gasteiger partial charge in [-0.15, -0.1) is 0 Å². The Morgan fingerprint density at radius 3 is 2.56 bits per heavy atom. The summed E-state index contributed by atoms with van der Waals surface area (Å²) in [7, 11) is 1.50. The van der Waals surface area contributed by atoms with E-state index in [1.54, 1.807) is 18.2 Å². The molecule has 2 aliphatic rings. The van der Waals surface area contributed by atoms with Gasteiger partial charge in [0.25, 0.3) is 0 Å². The molecule has 4 aromatic carbocycles. The second-order valence-electron chi connectivity index (χ2n) is 15.3. The van der Waals surface area contributed by atoms with Crippen LogP contribution in [0.1, 0.15) is 48.1 Å². The molecule has 0 spiro atoms. The summed E-state index contributed by atoms with van der Waals surface area (Å²) in [6, 6.07) is 28.1. The van der Waals surface area contributed by atoms with Gasteiger partial charge in [-0.3, -0.25) is 4.79 Å². The second-order valence-corrected chi connectivity index (χ2v) is 15.3. The quantitative estimate of drug-likeness (QED) is 0.0554. The lowest BCUT2D eigenvalue weighted by Gasteiger charge is -2.33. The Kier molecular flexibility index (Phi) is 12.8. The third kappa shape index (κ3) is 9.17. The van der Waals surface area contributed by atoms with E-state index in [1.807, 2.05) is 36.4 Å². The fraction of sp³-hybridized carbons (Fsp3) is 0.300. The number of hydrogen-bond acceptors (Lipinski definition) is 10. The van der Waals surface area contributed by atoms with Crippen molar-refractivity contribution in [3.05, 3.63) is 130 Å². The zero-order chi connectivity index (χ0) is 42.3. The van der Waals surface area contributed by atoms with Gasteiger partial charge >= 0.3 is 0 Å². The molecule has 11 heteroatoms. The van der Waals surface area contributed by atoms with Gasteiger partial charge in [-0.05, 0) is 59.9 Å². The molecule has 61 heavy (non-hydrogen) atoms. The van der Waals surface area contributed by atoms with Crippen molar-refractivity contribution in [3.63, 3.8) is 0 Å². The van der Waals surface area contributed by atoms with Crippen molar-refractivity contribution in [2.24, 2.45) is 0 Å². The average molecular weight is 822 g/mol. The molecule has 314 valence electrons. The average Bonchev–Trinajstić information content (AvgIpc) is 3.73. The molecule has 4 bridgehead atoms. The first kappa shape index (κ1) is 41.3. The van der Waals surface area contributed by atoms with Crippen molar-refractivity contribution in [2.75, 3.05) is 51.5 Å². The van der Waals surface area contributed by atoms with Gasteiger partial charge in [-0.1, -0.05) is 85.5 Å². The molecule has 0 saturated carbocycles. The fourth-order valence-corrected chi connectivity index (χ4v) is 8.03. The van der Waals surface area contributed by atoms with Gasteiger partial charge in [0.2, 0.25) is 5.75 Å². The maximum Gasteiger partial charge on any atom is 0.204 e. The summed E-state index contributed by atoms with van der Waals surface area (Å²) in [5, 5.41) is 34.6. The highest BCUT2D eigenvalue weighted by atomic mass is 16.5. The number of aromatic hydroxyl groups is 1. The Morgan fingerprint density at radius 2 is 1.77 bits per heavy atom. The lowest BCUT2D eigenvalue weighted by molar-refractivity contribution is 0.176. The number of benzene rings is 4. The van der Waals surface area contributed by atoms with Crippen molar-refractivity contribution < 1.29 is 33.9 Å². The predicted molar refractivity (Wildman–Crippen MR) is 239 cm³/mol. The lowest BCUT2D eigenvalue weighted by Crippen LogP contribution is -2.50. The number of hydrogen-bond donors (Lipinski definition) is 5. The van der Waals surface area contributed by atoms with Crippen molar-refractivity contribution in [1.82, 2.24) is 10.3 Å². The third-order valence-corrected chi connectivity index (χ3v) is 11.1. The van der Waals surface area contributed by atoms with Crippen molar-refractivity contribution >= 4 is 22.9 Å². The van der Waals surface area contributed by atoms with E-state index in [0.29, 0.717) is 30.5 Å². The van der Waals surface area contributed by atoms with Gasteiger partial charge in [0.15, 0.2) is 22.5 Å². The summed E-state index contributed by atoms with van der Waals surface area (Å²) in [5.74, 6) is 8.62. The van der Waals surface area contributed by atoms with E-state index in [2.05, 4.69) is 64.3 Å². The number of methoxy groups -OCH3 is 1. The summed E-state index contributed by atoms with van der Waals surface area (Å²) >= 11 is 0. The summed E-state index contributed by atoms with van der Waals surface area (Å²) in [5.41, 5.74) is 6.27. The number of phenolic OH excluding ortho intramolecular Hbond substituents is 1. The van der Waals surface area contributed by atoms with Gasteiger partial charge in [0.1, 0.15) is 22.7 Å². The minimum Gasteiger partial charge on any atom is -0.508 e. The van der Waals surface area contributed by atoms with E-state index < -0.39 is 12.0 Å². The second kappa shape index (κ2) is 18.9. The first-order chi connectivity index (χ1) is 29.8. The molecule has 2 aliphatic heterocycles. The molecule has 6 aromatic rings. The maximum absolute atomic E-state index is 14.6. The molecular weight excluding hydrogens is 771 g/mol. The van der Waals surface area contributed by atoms with E-state index in [9.17, 15) is 20.1 Å². The number of phenols is 1. The van der Waals surface area contributed by atoms with Gasteiger partial charge in [0.05, 0.1) is 44.0 Å². The number of fused-ring (bicyclic) bond motifs is 8. The standard InChI is InChI=1S/C50H51N3O8/c1-3-37-29-41-35-12-7-11-33(27-35)28-36(14-17-38-31-53(23-22-51-38)50(41)52-37)44-46-45(42(57)30-43(61-46)34-15-19-39(55)20-16-34)48(49(58-2)47(44)59-25-8-24-54)60-26-21-40(56)18-13-32-9-5-4-6-10-32/h4-7,9-13,15-16,18-20,27,29-30,36,38,40,51-52,54-56H,3,8,21-26,28,31H2,1-2H3/b18-13+/t36-,38+,40+/m1/s1. The number of aliphatic hydroxyl groups is 2. The number of nitrogens with one attached hydrogen (secondary N) is 2. The van der Waals surface area contributed by atoms with Gasteiger partial charge in [-0.25, -0.2) is 0 Å². The summed E-state index contributed by atoms with van der Waals surface area (Å²) in [4.78, 5) is 20.6. The Bertz CT molecular complexity index is 2620. The van der Waals surface area contributed by atoms with Gasteiger partial charge in [0, 0.05) is 62.0 Å². The molecule has 1 fully saturated rings. The summed E-state index contributed by atoms with van der Waals surface area (Å²) in [6.07, 6.45) is 4.56. The first-order valence-corrected chi connectivity index (χ1v) is 20.9. The van der Waals surface area contributed by atoms with Crippen LogP contribution in [0.4, 0.5) is 5.82 Å². The molecular formula is C50H51N3O8. The van der Waals surface area contributed by atoms with E-state index in [-0.39, 0.29) is 77.4 Å². The number of aryl methyl sites for hydroxylation is 1. The highest BCUT2D eigenvalue weighted by molar-refractivity contribution is 5.94. The van der Waals surface area contributed by atoms with Crippen LogP contribution in [0.2, 0.25) is 0 Å². The molecule has 0 unspecified atom stereocenters. The summed E-state index contributed by atoms with van der Waals surface area (Å²) < 4.78 is 26.0. The minimum absolute atomic E-state index is 0.0289. The number of rotatable bonds is 14. The van der Waals surface area contributed by atoms with Crippen molar-refractivity contribution in [3.8, 4) is 57.3 Å². The number of ether oxygens (including phenoxy) is 3. The molecule has 5 N–H and O–H groups in total. The molecule has 0 amide bonds. The van der Waals surface area contributed by atoms with Crippen molar-refractivity contribution in [2.45, 2.75) is 50.7 Å². The largest absolute Gasteiger partial charge is 0.508 e. The van der Waals surface area contributed by atoms with Crippen LogP contribution < -0.4 is 29.9 Å². The van der Waals surface area contributed by atoms with Crippen LogP contribution >= 0.6 is 0 Å². The zero-order valence-electron chi connectivity index (χ0n) is 34.4. The Balaban J connectivity index is 1.30. The molecule has 3 atom stereocenters. The fourth-order valence-electron chi connectivity index (χ4n) is 8.03. The van der Waals surface area contributed by atoms with Crippen LogP contribution in [0.5, 0.6) is 23.0 Å². The Labute approximate surface area is 355 Å². The molecule has 4 heterocycles. The third-order valence-electron chi connectivity index (χ3n) is 11.1. The molecule has 1 saturated heterocycles. The highest BCUT2D eigenvalue weighted by Crippen LogP contribution is 2.50. The van der Waals surface area contributed by atoms with Crippen LogP contribution in [0.25, 0.3) is 39.5 Å². The number of aliphatic hydroxyl groups excluding tert-OH is 2. The van der Waals surface area contributed by atoms with Crippen LogP contribution in [0.15, 0.2) is 106 Å². The number of nitrogens with zero attached hydrogens (tertiary/aromatic N) is 1. The number of H-pyrrole nitrogens is 1. The van der Waals surface area contributed by atoms with Crippen LogP contribution in [-0.2, 0) is 12.8 Å². The number of piperazine rings is 1. The highest BCUT2D eigenvalue weighted by Gasteiger charge is 2.32. The lowest BCUT2D eigenvalue weighted by atomic mass is 9.88. The number of anilines is 1. The number of aromatic nitrogens is 1. The van der Waals surface area contributed by atoms with E-state index >= 15 is 0 Å².